The van der Waals surface area contributed by atoms with Crippen LogP contribution < -0.4 is 19.1 Å². The van der Waals surface area contributed by atoms with E-state index < -0.39 is 10.0 Å². The van der Waals surface area contributed by atoms with Crippen LogP contribution >= 0.6 is 0 Å². The number of para-hydroxylation sites is 1. The summed E-state index contributed by atoms with van der Waals surface area (Å²) < 4.78 is 37.6. The lowest BCUT2D eigenvalue weighted by Crippen LogP contribution is -2.29. The maximum absolute atomic E-state index is 12.5. The van der Waals surface area contributed by atoms with Gasteiger partial charge in [-0.25, -0.2) is 8.42 Å². The minimum Gasteiger partial charge on any atom is -0.491 e. The Kier molecular flexibility index (Phi) is 8.76. The molecule has 0 spiro atoms. The molecule has 0 atom stereocenters. The van der Waals surface area contributed by atoms with E-state index in [1.165, 1.54) is 10.6 Å². The van der Waals surface area contributed by atoms with Crippen molar-refractivity contribution >= 4 is 21.6 Å². The zero-order chi connectivity index (χ0) is 25.4. The number of sulfonamides is 1. The first-order valence-corrected chi connectivity index (χ1v) is 13.3. The molecule has 8 heteroatoms. The van der Waals surface area contributed by atoms with Crippen molar-refractivity contribution in [2.45, 2.75) is 33.4 Å². The minimum atomic E-state index is -3.52. The van der Waals surface area contributed by atoms with Crippen LogP contribution in [-0.2, 0) is 16.6 Å². The van der Waals surface area contributed by atoms with Crippen LogP contribution in [0.2, 0.25) is 0 Å². The summed E-state index contributed by atoms with van der Waals surface area (Å²) in [5.74, 6) is 1.26. The second kappa shape index (κ2) is 11.8. The molecular formula is C27H32N2O5S. The molecule has 1 N–H and O–H groups in total. The lowest BCUT2D eigenvalue weighted by Gasteiger charge is -2.23. The van der Waals surface area contributed by atoms with Gasteiger partial charge in [-0.05, 0) is 74.4 Å². The number of benzene rings is 3. The van der Waals surface area contributed by atoms with E-state index in [0.29, 0.717) is 30.2 Å². The Morgan fingerprint density at radius 3 is 2.23 bits per heavy atom. The number of aryl methyl sites for hydroxylation is 1. The number of rotatable bonds is 11. The molecule has 0 heterocycles. The van der Waals surface area contributed by atoms with Gasteiger partial charge in [0, 0.05) is 5.56 Å². The van der Waals surface area contributed by atoms with Crippen LogP contribution in [0.4, 0.5) is 5.69 Å². The van der Waals surface area contributed by atoms with Crippen LogP contribution in [0.15, 0.2) is 72.8 Å². The molecule has 3 aromatic carbocycles. The maximum Gasteiger partial charge on any atom is 0.251 e. The van der Waals surface area contributed by atoms with Gasteiger partial charge in [-0.2, -0.15) is 0 Å². The predicted octanol–water partition coefficient (Wildman–Crippen LogP) is 4.56. The highest BCUT2D eigenvalue weighted by Crippen LogP contribution is 2.24. The number of hydrogen-bond donors (Lipinski definition) is 1. The SMILES string of the molecule is Cc1ccccc1OCCNC(=O)c1ccc(CN(c2ccc(OC(C)C)cc2)S(C)(=O)=O)cc1. The highest BCUT2D eigenvalue weighted by atomic mass is 32.2. The van der Waals surface area contributed by atoms with Gasteiger partial charge in [0.2, 0.25) is 10.0 Å². The van der Waals surface area contributed by atoms with Crippen molar-refractivity contribution in [3.05, 3.63) is 89.5 Å². The number of anilines is 1. The van der Waals surface area contributed by atoms with Gasteiger partial charge in [-0.3, -0.25) is 9.10 Å². The van der Waals surface area contributed by atoms with Gasteiger partial charge in [0.1, 0.15) is 18.1 Å². The van der Waals surface area contributed by atoms with Crippen molar-refractivity contribution in [1.82, 2.24) is 5.32 Å². The van der Waals surface area contributed by atoms with Crippen LogP contribution in [0.25, 0.3) is 0 Å². The van der Waals surface area contributed by atoms with Gasteiger partial charge in [-0.1, -0.05) is 30.3 Å². The fourth-order valence-corrected chi connectivity index (χ4v) is 4.32. The van der Waals surface area contributed by atoms with Crippen molar-refractivity contribution in [1.29, 1.82) is 0 Å². The Bertz CT molecular complexity index is 1220. The van der Waals surface area contributed by atoms with Crippen molar-refractivity contribution in [2.75, 3.05) is 23.7 Å². The third-order valence-electron chi connectivity index (χ3n) is 5.18. The summed E-state index contributed by atoms with van der Waals surface area (Å²) in [4.78, 5) is 12.5. The fraction of sp³-hybridized carbons (Fsp3) is 0.296. The van der Waals surface area contributed by atoms with Crippen LogP contribution in [-0.4, -0.2) is 39.8 Å². The minimum absolute atomic E-state index is 0.0307. The number of nitrogens with zero attached hydrogens (tertiary/aromatic N) is 1. The quantitative estimate of drug-likeness (QED) is 0.394. The Morgan fingerprint density at radius 1 is 0.971 bits per heavy atom. The largest absolute Gasteiger partial charge is 0.491 e. The van der Waals surface area contributed by atoms with Crippen LogP contribution in [0.1, 0.15) is 35.3 Å². The van der Waals surface area contributed by atoms with E-state index in [1.807, 2.05) is 45.0 Å². The molecule has 0 bridgehead atoms. The maximum atomic E-state index is 12.5. The summed E-state index contributed by atoms with van der Waals surface area (Å²) in [5, 5.41) is 2.84. The van der Waals surface area contributed by atoms with E-state index in [4.69, 9.17) is 9.47 Å². The first-order chi connectivity index (χ1) is 16.6. The molecule has 3 rings (SSSR count). The average Bonchev–Trinajstić information content (AvgIpc) is 2.81. The van der Waals surface area contributed by atoms with Crippen LogP contribution in [0, 0.1) is 6.92 Å². The van der Waals surface area contributed by atoms with Gasteiger partial charge in [-0.15, -0.1) is 0 Å². The molecule has 0 saturated heterocycles. The number of hydrogen-bond acceptors (Lipinski definition) is 5. The van der Waals surface area contributed by atoms with E-state index >= 15 is 0 Å². The van der Waals surface area contributed by atoms with E-state index in [9.17, 15) is 13.2 Å². The first kappa shape index (κ1) is 26.1. The average molecular weight is 497 g/mol. The third-order valence-corrected chi connectivity index (χ3v) is 6.32. The molecule has 186 valence electrons. The Hall–Kier alpha value is -3.52. The lowest BCUT2D eigenvalue weighted by molar-refractivity contribution is 0.0947. The second-order valence-corrected chi connectivity index (χ2v) is 10.4. The summed E-state index contributed by atoms with van der Waals surface area (Å²) in [5.41, 5.74) is 2.83. The molecule has 0 aromatic heterocycles. The highest BCUT2D eigenvalue weighted by molar-refractivity contribution is 7.92. The van der Waals surface area contributed by atoms with E-state index in [0.717, 1.165) is 16.9 Å². The zero-order valence-electron chi connectivity index (χ0n) is 20.5. The molecule has 1 amide bonds. The smallest absolute Gasteiger partial charge is 0.251 e. The van der Waals surface area contributed by atoms with Gasteiger partial charge < -0.3 is 14.8 Å². The Balaban J connectivity index is 1.59. The number of carbonyl (C=O) groups is 1. The molecule has 3 aromatic rings. The van der Waals surface area contributed by atoms with Crippen LogP contribution in [0.3, 0.4) is 0 Å². The summed E-state index contributed by atoms with van der Waals surface area (Å²) in [6.45, 7) is 6.71. The van der Waals surface area contributed by atoms with E-state index in [-0.39, 0.29) is 18.6 Å². The number of nitrogens with one attached hydrogen (secondary N) is 1. The molecule has 0 aliphatic carbocycles. The molecule has 0 aliphatic heterocycles. The molecule has 35 heavy (non-hydrogen) atoms. The summed E-state index contributed by atoms with van der Waals surface area (Å²) in [6.07, 6.45) is 1.20. The summed E-state index contributed by atoms with van der Waals surface area (Å²) in [7, 11) is -3.52. The molecule has 0 fully saturated rings. The van der Waals surface area contributed by atoms with Gasteiger partial charge in [0.15, 0.2) is 0 Å². The standard InChI is InChI=1S/C27H32N2O5S/c1-20(2)34-25-15-13-24(14-16-25)29(35(4,31)32)19-22-9-11-23(12-10-22)27(30)28-17-18-33-26-8-6-5-7-21(26)3/h5-16,20H,17-19H2,1-4H3,(H,28,30). The number of amides is 1. The fourth-order valence-electron chi connectivity index (χ4n) is 3.44. The predicted molar refractivity (Wildman–Crippen MR) is 139 cm³/mol. The molecule has 7 nitrogen and oxygen atoms in total. The first-order valence-electron chi connectivity index (χ1n) is 11.4. The van der Waals surface area contributed by atoms with Crippen LogP contribution in [0.5, 0.6) is 11.5 Å². The summed E-state index contributed by atoms with van der Waals surface area (Å²) >= 11 is 0. The van der Waals surface area contributed by atoms with Gasteiger partial charge >= 0.3 is 0 Å². The summed E-state index contributed by atoms with van der Waals surface area (Å²) in [6, 6.07) is 21.6. The highest BCUT2D eigenvalue weighted by Gasteiger charge is 2.18. The molecular weight excluding hydrogens is 464 g/mol. The van der Waals surface area contributed by atoms with Crippen molar-refractivity contribution in [3.63, 3.8) is 0 Å². The second-order valence-electron chi connectivity index (χ2n) is 8.50. The van der Waals surface area contributed by atoms with E-state index in [2.05, 4.69) is 5.32 Å². The monoisotopic (exact) mass is 496 g/mol. The number of carbonyl (C=O) groups excluding carboxylic acids is 1. The van der Waals surface area contributed by atoms with Gasteiger partial charge in [0.25, 0.3) is 5.91 Å². The topological polar surface area (TPSA) is 84.9 Å². The van der Waals surface area contributed by atoms with Crippen molar-refractivity contribution in [3.8, 4) is 11.5 Å². The lowest BCUT2D eigenvalue weighted by atomic mass is 10.1. The number of ether oxygens (including phenoxy) is 2. The normalized spacial score (nSPS) is 11.2. The molecule has 0 unspecified atom stereocenters. The molecule has 0 radical (unpaired) electrons. The third kappa shape index (κ3) is 7.75. The van der Waals surface area contributed by atoms with Crippen molar-refractivity contribution < 1.29 is 22.7 Å². The Morgan fingerprint density at radius 2 is 1.63 bits per heavy atom. The van der Waals surface area contributed by atoms with Crippen molar-refractivity contribution in [2.24, 2.45) is 0 Å². The zero-order valence-corrected chi connectivity index (χ0v) is 21.3. The Labute approximate surface area is 207 Å². The molecule has 0 saturated carbocycles. The van der Waals surface area contributed by atoms with Gasteiger partial charge in [0.05, 0.1) is 31.1 Å². The van der Waals surface area contributed by atoms with E-state index in [1.54, 1.807) is 48.5 Å². The molecule has 0 aliphatic rings.